The van der Waals surface area contributed by atoms with Crippen LogP contribution in [0.1, 0.15) is 84.3 Å². The van der Waals surface area contributed by atoms with Crippen molar-refractivity contribution in [2.45, 2.75) is 78.1 Å². The second-order valence-electron chi connectivity index (χ2n) is 12.1. The lowest BCUT2D eigenvalue weighted by molar-refractivity contribution is -0.146. The van der Waals surface area contributed by atoms with Crippen molar-refractivity contribution < 1.29 is 18.3 Å². The van der Waals surface area contributed by atoms with E-state index in [9.17, 15) is 13.6 Å². The van der Waals surface area contributed by atoms with Gasteiger partial charge in [0.1, 0.15) is 23.4 Å². The van der Waals surface area contributed by atoms with Crippen molar-refractivity contribution in [3.63, 3.8) is 0 Å². The third-order valence-electron chi connectivity index (χ3n) is 9.80. The monoisotopic (exact) mass is 591 g/mol. The standard InChI is InChI=1S/C30H33F2N7O2.C2H6/c1-5-41-25(40)30(10-11-30)24-36-16-39(38-24)26-35-12-9-21(37-26)29(4)23(34)17(14-27(2)15-28(27,29)3)13-20(33)22-18(31)7-6-8-19(22)32;1-2/h6-9,12-13,16H,5,10-11,14-15,33-34H2,1-4H3;1-2H3/b20-13-;. The van der Waals surface area contributed by atoms with E-state index in [0.29, 0.717) is 36.5 Å². The number of esters is 1. The van der Waals surface area contributed by atoms with Crippen LogP contribution in [0.25, 0.3) is 11.6 Å². The van der Waals surface area contributed by atoms with Crippen molar-refractivity contribution in [3.8, 4) is 5.95 Å². The summed E-state index contributed by atoms with van der Waals surface area (Å²) in [6, 6.07) is 5.48. The lowest BCUT2D eigenvalue weighted by atomic mass is 9.61. The van der Waals surface area contributed by atoms with Crippen LogP contribution in [-0.2, 0) is 20.4 Å². The number of benzene rings is 1. The van der Waals surface area contributed by atoms with E-state index >= 15 is 0 Å². The van der Waals surface area contributed by atoms with Gasteiger partial charge in [-0.05, 0) is 80.2 Å². The summed E-state index contributed by atoms with van der Waals surface area (Å²) in [4.78, 5) is 26.2. The number of fused-ring (bicyclic) bond motifs is 1. The molecule has 3 atom stereocenters. The molecule has 4 N–H and O–H groups in total. The topological polar surface area (TPSA) is 135 Å². The van der Waals surface area contributed by atoms with Crippen LogP contribution >= 0.6 is 0 Å². The van der Waals surface area contributed by atoms with Gasteiger partial charge in [0.05, 0.1) is 23.3 Å². The zero-order chi connectivity index (χ0) is 31.4. The summed E-state index contributed by atoms with van der Waals surface area (Å²) < 4.78 is 35.7. The molecule has 1 aromatic carbocycles. The number of halogens is 2. The van der Waals surface area contributed by atoms with E-state index in [4.69, 9.17) is 21.2 Å². The molecule has 0 bridgehead atoms. The third kappa shape index (κ3) is 4.51. The van der Waals surface area contributed by atoms with E-state index in [1.54, 1.807) is 19.2 Å². The molecule has 6 rings (SSSR count). The van der Waals surface area contributed by atoms with Crippen LogP contribution in [0.4, 0.5) is 8.78 Å². The first-order chi connectivity index (χ1) is 20.4. The van der Waals surface area contributed by atoms with Gasteiger partial charge in [-0.25, -0.2) is 23.7 Å². The van der Waals surface area contributed by atoms with Crippen LogP contribution in [0.15, 0.2) is 54.1 Å². The molecule has 9 nitrogen and oxygen atoms in total. The average molecular weight is 592 g/mol. The molecular formula is C32H39F2N7O2. The summed E-state index contributed by atoms with van der Waals surface area (Å²) in [6.45, 7) is 12.5. The van der Waals surface area contributed by atoms with E-state index in [1.807, 2.05) is 26.8 Å². The number of hydrogen-bond donors (Lipinski definition) is 2. The van der Waals surface area contributed by atoms with Gasteiger partial charge in [0.25, 0.3) is 5.95 Å². The minimum atomic E-state index is -0.816. The molecule has 2 aromatic heterocycles. The molecule has 43 heavy (non-hydrogen) atoms. The van der Waals surface area contributed by atoms with E-state index < -0.39 is 22.5 Å². The number of nitrogens with two attached hydrogens (primary N) is 2. The number of nitrogens with zero attached hydrogens (tertiary/aromatic N) is 5. The van der Waals surface area contributed by atoms with Crippen LogP contribution in [0.3, 0.4) is 0 Å². The van der Waals surface area contributed by atoms with Gasteiger partial charge in [0, 0.05) is 17.6 Å². The van der Waals surface area contributed by atoms with E-state index in [-0.39, 0.29) is 40.6 Å². The smallest absolute Gasteiger partial charge is 0.319 e. The Bertz CT molecular complexity index is 1630. The molecule has 3 aromatic rings. The summed E-state index contributed by atoms with van der Waals surface area (Å²) in [5.74, 6) is -1.11. The van der Waals surface area contributed by atoms with E-state index in [2.05, 4.69) is 28.9 Å². The Balaban J connectivity index is 0.00000180. The van der Waals surface area contributed by atoms with Crippen molar-refractivity contribution in [1.82, 2.24) is 24.7 Å². The Morgan fingerprint density at radius 1 is 1.12 bits per heavy atom. The molecule has 2 heterocycles. The van der Waals surface area contributed by atoms with Crippen molar-refractivity contribution in [2.24, 2.45) is 22.3 Å². The van der Waals surface area contributed by atoms with Crippen LogP contribution in [0, 0.1) is 22.5 Å². The zero-order valence-electron chi connectivity index (χ0n) is 25.5. The maximum Gasteiger partial charge on any atom is 0.319 e. The molecule has 3 unspecified atom stereocenters. The second-order valence-corrected chi connectivity index (χ2v) is 12.1. The largest absolute Gasteiger partial charge is 0.465 e. The molecule has 11 heteroatoms. The van der Waals surface area contributed by atoms with Gasteiger partial charge in [-0.2, -0.15) is 4.68 Å². The quantitative estimate of drug-likeness (QED) is 0.356. The molecule has 2 saturated carbocycles. The number of allylic oxidation sites excluding steroid dienone is 3. The summed E-state index contributed by atoms with van der Waals surface area (Å²) in [5, 5.41) is 4.55. The van der Waals surface area contributed by atoms with Crippen molar-refractivity contribution in [1.29, 1.82) is 0 Å². The summed E-state index contributed by atoms with van der Waals surface area (Å²) in [5.41, 5.74) is 12.9. The Kier molecular flexibility index (Phi) is 7.43. The molecule has 0 spiro atoms. The fourth-order valence-electron chi connectivity index (χ4n) is 6.72. The van der Waals surface area contributed by atoms with Gasteiger partial charge >= 0.3 is 5.97 Å². The van der Waals surface area contributed by atoms with Gasteiger partial charge in [-0.3, -0.25) is 4.79 Å². The van der Waals surface area contributed by atoms with Crippen molar-refractivity contribution in [3.05, 3.63) is 82.9 Å². The molecule has 228 valence electrons. The molecular weight excluding hydrogens is 552 g/mol. The number of ether oxygens (including phenoxy) is 1. The highest BCUT2D eigenvalue weighted by molar-refractivity contribution is 5.85. The highest BCUT2D eigenvalue weighted by Crippen LogP contribution is 2.77. The number of carbonyl (C=O) groups is 1. The first-order valence-corrected chi connectivity index (χ1v) is 14.7. The van der Waals surface area contributed by atoms with Crippen molar-refractivity contribution in [2.75, 3.05) is 6.61 Å². The maximum absolute atomic E-state index is 14.5. The van der Waals surface area contributed by atoms with Crippen LogP contribution in [0.2, 0.25) is 0 Å². The Hall–Kier alpha value is -4.15. The average Bonchev–Trinajstić information content (AvgIpc) is 3.83. The fraction of sp³-hybridized carbons (Fsp3) is 0.469. The summed E-state index contributed by atoms with van der Waals surface area (Å²) in [7, 11) is 0. The molecule has 3 aliphatic rings. The zero-order valence-corrected chi connectivity index (χ0v) is 25.5. The van der Waals surface area contributed by atoms with Crippen LogP contribution < -0.4 is 11.5 Å². The first-order valence-electron chi connectivity index (χ1n) is 14.7. The van der Waals surface area contributed by atoms with Crippen LogP contribution in [0.5, 0.6) is 0 Å². The lowest BCUT2D eigenvalue weighted by Crippen LogP contribution is -2.45. The molecule has 0 radical (unpaired) electrons. The van der Waals surface area contributed by atoms with E-state index in [1.165, 1.54) is 29.2 Å². The molecule has 2 fully saturated rings. The fourth-order valence-corrected chi connectivity index (χ4v) is 6.72. The normalized spacial score (nSPS) is 27.1. The molecule has 0 aliphatic heterocycles. The van der Waals surface area contributed by atoms with Gasteiger partial charge in [0.15, 0.2) is 5.82 Å². The van der Waals surface area contributed by atoms with Gasteiger partial charge in [-0.1, -0.05) is 33.8 Å². The number of carbonyl (C=O) groups excluding carboxylic acids is 1. The van der Waals surface area contributed by atoms with Gasteiger partial charge in [0.2, 0.25) is 0 Å². The lowest BCUT2D eigenvalue weighted by Gasteiger charge is -2.44. The van der Waals surface area contributed by atoms with Crippen molar-refractivity contribution >= 4 is 11.7 Å². The maximum atomic E-state index is 14.5. The predicted molar refractivity (Wildman–Crippen MR) is 158 cm³/mol. The van der Waals surface area contributed by atoms with Gasteiger partial charge < -0.3 is 16.2 Å². The van der Waals surface area contributed by atoms with Crippen LogP contribution in [-0.4, -0.2) is 37.3 Å². The number of rotatable bonds is 7. The number of aromatic nitrogens is 5. The summed E-state index contributed by atoms with van der Waals surface area (Å²) in [6.07, 6.45) is 7.48. The Morgan fingerprint density at radius 3 is 2.42 bits per heavy atom. The third-order valence-corrected chi connectivity index (χ3v) is 9.80. The second kappa shape index (κ2) is 10.5. The summed E-state index contributed by atoms with van der Waals surface area (Å²) >= 11 is 0. The minimum Gasteiger partial charge on any atom is -0.465 e. The Morgan fingerprint density at radius 2 is 1.79 bits per heavy atom. The number of hydrogen-bond acceptors (Lipinski definition) is 8. The minimum absolute atomic E-state index is 0.0251. The highest BCUT2D eigenvalue weighted by Gasteiger charge is 2.72. The highest BCUT2D eigenvalue weighted by atomic mass is 19.1. The molecule has 3 aliphatic carbocycles. The molecule has 0 saturated heterocycles. The predicted octanol–water partition coefficient (Wildman–Crippen LogP) is 5.25. The first kappa shape index (κ1) is 30.3. The molecule has 0 amide bonds. The van der Waals surface area contributed by atoms with E-state index in [0.717, 1.165) is 12.0 Å². The Labute approximate surface area is 250 Å². The SMILES string of the molecule is CC.CCOC(=O)C1(c2ncn(-c3nccc(C4(C)C(N)=C(/C=C(\N)c5c(F)cccc5F)CC5(C)CC54C)n3)n2)CC1. The van der Waals surface area contributed by atoms with Gasteiger partial charge in [-0.15, -0.1) is 5.10 Å².